The summed E-state index contributed by atoms with van der Waals surface area (Å²) < 4.78 is 0. The summed E-state index contributed by atoms with van der Waals surface area (Å²) >= 11 is 0. The molecule has 2 heterocycles. The second kappa shape index (κ2) is 11.3. The largest absolute Gasteiger partial charge is 0.480 e. The van der Waals surface area contributed by atoms with Gasteiger partial charge in [0.25, 0.3) is 0 Å². The Morgan fingerprint density at radius 3 is 2.42 bits per heavy atom. The second-order valence-corrected chi connectivity index (χ2v) is 9.76. The highest BCUT2D eigenvalue weighted by atomic mass is 16.4. The van der Waals surface area contributed by atoms with Crippen molar-refractivity contribution >= 4 is 23.7 Å². The van der Waals surface area contributed by atoms with Crippen LogP contribution in [0.1, 0.15) is 51.5 Å². The van der Waals surface area contributed by atoms with Gasteiger partial charge in [-0.1, -0.05) is 50.6 Å². The number of fused-ring (bicyclic) bond motifs is 1. The van der Waals surface area contributed by atoms with Crippen LogP contribution in [0.2, 0.25) is 0 Å². The molecule has 0 radical (unpaired) electrons. The highest BCUT2D eigenvalue weighted by Gasteiger charge is 2.39. The molecule has 2 aliphatic rings. The van der Waals surface area contributed by atoms with Gasteiger partial charge in [0.15, 0.2) is 0 Å². The van der Waals surface area contributed by atoms with Crippen molar-refractivity contribution in [2.24, 2.45) is 23.7 Å². The van der Waals surface area contributed by atoms with Crippen LogP contribution in [0.15, 0.2) is 30.3 Å². The van der Waals surface area contributed by atoms with E-state index in [1.165, 1.54) is 0 Å². The average molecular weight is 458 g/mol. The molecular weight excluding hydrogens is 422 g/mol. The maximum atomic E-state index is 13.3. The minimum atomic E-state index is -1.18. The van der Waals surface area contributed by atoms with Gasteiger partial charge in [0.2, 0.25) is 17.7 Å². The maximum absolute atomic E-state index is 13.3. The molecule has 0 aromatic heterocycles. The third-order valence-electron chi connectivity index (χ3n) is 6.71. The molecule has 3 amide bonds. The SMILES string of the molecule is CC(C)C[C@@H]1NC(=O)[C@H](Cc2ccccc2)CCC[C@@H]2CNC(=O)[C@@H]2C[C@@H](C(=O)O)NC1=O. The number of carbonyl (C=O) groups is 4. The van der Waals surface area contributed by atoms with E-state index in [4.69, 9.17) is 0 Å². The van der Waals surface area contributed by atoms with E-state index >= 15 is 0 Å². The monoisotopic (exact) mass is 457 g/mol. The van der Waals surface area contributed by atoms with Crippen LogP contribution in [0.3, 0.4) is 0 Å². The van der Waals surface area contributed by atoms with E-state index in [9.17, 15) is 24.3 Å². The van der Waals surface area contributed by atoms with Crippen molar-refractivity contribution in [2.75, 3.05) is 6.54 Å². The Kier molecular flexibility index (Phi) is 8.47. The fraction of sp³-hybridized carbons (Fsp3) is 0.600. The van der Waals surface area contributed by atoms with Crippen molar-refractivity contribution in [1.82, 2.24) is 16.0 Å². The number of carboxylic acid groups (broad SMARTS) is 1. The third kappa shape index (κ3) is 6.79. The van der Waals surface area contributed by atoms with Crippen molar-refractivity contribution in [3.63, 3.8) is 0 Å². The van der Waals surface area contributed by atoms with E-state index in [0.717, 1.165) is 18.4 Å². The maximum Gasteiger partial charge on any atom is 0.326 e. The van der Waals surface area contributed by atoms with Gasteiger partial charge in [0, 0.05) is 18.4 Å². The van der Waals surface area contributed by atoms with Gasteiger partial charge < -0.3 is 21.1 Å². The Balaban J connectivity index is 1.87. The van der Waals surface area contributed by atoms with E-state index < -0.39 is 29.9 Å². The second-order valence-electron chi connectivity index (χ2n) is 9.76. The number of aliphatic carboxylic acids is 1. The predicted molar refractivity (Wildman–Crippen MR) is 123 cm³/mol. The van der Waals surface area contributed by atoms with E-state index in [0.29, 0.717) is 25.8 Å². The van der Waals surface area contributed by atoms with Gasteiger partial charge in [-0.25, -0.2) is 4.79 Å². The molecule has 3 rings (SSSR count). The van der Waals surface area contributed by atoms with Gasteiger partial charge >= 0.3 is 5.97 Å². The summed E-state index contributed by atoms with van der Waals surface area (Å²) in [7, 11) is 0. The average Bonchev–Trinajstić information content (AvgIpc) is 3.11. The van der Waals surface area contributed by atoms with Crippen LogP contribution in [0.5, 0.6) is 0 Å². The molecule has 2 fully saturated rings. The van der Waals surface area contributed by atoms with Gasteiger partial charge in [0.1, 0.15) is 12.1 Å². The lowest BCUT2D eigenvalue weighted by Crippen LogP contribution is -2.53. The van der Waals surface area contributed by atoms with E-state index in [2.05, 4.69) is 16.0 Å². The van der Waals surface area contributed by atoms with Gasteiger partial charge in [-0.15, -0.1) is 0 Å². The number of amides is 3. The first-order chi connectivity index (χ1) is 15.7. The van der Waals surface area contributed by atoms with Crippen LogP contribution in [-0.4, -0.2) is 47.4 Å². The van der Waals surface area contributed by atoms with Crippen LogP contribution in [0.25, 0.3) is 0 Å². The number of carboxylic acids is 1. The quantitative estimate of drug-likeness (QED) is 0.537. The highest BCUT2D eigenvalue weighted by molar-refractivity contribution is 5.91. The third-order valence-corrected chi connectivity index (χ3v) is 6.71. The summed E-state index contributed by atoms with van der Waals surface area (Å²) in [5, 5.41) is 18.1. The van der Waals surface area contributed by atoms with Crippen LogP contribution >= 0.6 is 0 Å². The molecule has 0 aliphatic carbocycles. The summed E-state index contributed by atoms with van der Waals surface area (Å²) in [4.78, 5) is 50.7. The fourth-order valence-electron chi connectivity index (χ4n) is 4.91. The summed E-state index contributed by atoms with van der Waals surface area (Å²) in [6.45, 7) is 4.39. The van der Waals surface area contributed by atoms with Crippen LogP contribution < -0.4 is 16.0 Å². The Hall–Kier alpha value is -2.90. The number of carbonyl (C=O) groups excluding carboxylic acids is 3. The smallest absolute Gasteiger partial charge is 0.326 e. The number of rotatable bonds is 5. The standard InChI is InChI=1S/C25H35N3O5/c1-15(2)11-20-24(31)28-21(25(32)33)13-19-18(14-26-23(19)30)10-6-9-17(22(29)27-20)12-16-7-4-3-5-8-16/h3-5,7-8,15,17-21H,6,9-14H2,1-2H3,(H,26,30)(H,27,29)(H,28,31)(H,32,33)/t17-,18+,19+,20-,21-/m0/s1. The molecule has 1 aromatic rings. The van der Waals surface area contributed by atoms with Crippen molar-refractivity contribution < 1.29 is 24.3 Å². The topological polar surface area (TPSA) is 125 Å². The minimum absolute atomic E-state index is 0.0103. The zero-order valence-electron chi connectivity index (χ0n) is 19.4. The summed E-state index contributed by atoms with van der Waals surface area (Å²) in [5.41, 5.74) is 1.05. The molecule has 8 nitrogen and oxygen atoms in total. The molecule has 2 saturated heterocycles. The molecule has 8 heteroatoms. The lowest BCUT2D eigenvalue weighted by molar-refractivity contribution is -0.143. The van der Waals surface area contributed by atoms with Crippen molar-refractivity contribution in [3.05, 3.63) is 35.9 Å². The molecule has 0 unspecified atom stereocenters. The molecular formula is C25H35N3O5. The molecule has 4 N–H and O–H groups in total. The number of benzene rings is 1. The van der Waals surface area contributed by atoms with Crippen molar-refractivity contribution in [1.29, 1.82) is 0 Å². The number of hydrogen-bond acceptors (Lipinski definition) is 4. The lowest BCUT2D eigenvalue weighted by Gasteiger charge is -2.25. The minimum Gasteiger partial charge on any atom is -0.480 e. The van der Waals surface area contributed by atoms with E-state index in [1.54, 1.807) is 0 Å². The molecule has 33 heavy (non-hydrogen) atoms. The number of nitrogens with one attached hydrogen (secondary N) is 3. The summed E-state index contributed by atoms with van der Waals surface area (Å²) in [5.74, 6) is -2.71. The molecule has 0 bridgehead atoms. The number of hydrogen-bond donors (Lipinski definition) is 4. The van der Waals surface area contributed by atoms with Gasteiger partial charge in [-0.2, -0.15) is 0 Å². The van der Waals surface area contributed by atoms with Gasteiger partial charge in [0.05, 0.1) is 0 Å². The summed E-state index contributed by atoms with van der Waals surface area (Å²) in [6, 6.07) is 7.77. The predicted octanol–water partition coefficient (Wildman–Crippen LogP) is 1.88. The molecule has 5 atom stereocenters. The Morgan fingerprint density at radius 2 is 1.76 bits per heavy atom. The van der Waals surface area contributed by atoms with Crippen LogP contribution in [0, 0.1) is 23.7 Å². The van der Waals surface area contributed by atoms with E-state index in [1.807, 2.05) is 44.2 Å². The Bertz CT molecular complexity index is 857. The molecule has 2 aliphatic heterocycles. The Morgan fingerprint density at radius 1 is 1.03 bits per heavy atom. The fourth-order valence-corrected chi connectivity index (χ4v) is 4.91. The van der Waals surface area contributed by atoms with Crippen LogP contribution in [0.4, 0.5) is 0 Å². The zero-order chi connectivity index (χ0) is 24.0. The Labute approximate surface area is 194 Å². The van der Waals surface area contributed by atoms with Crippen molar-refractivity contribution in [3.8, 4) is 0 Å². The zero-order valence-corrected chi connectivity index (χ0v) is 19.4. The normalized spacial score (nSPS) is 29.1. The van der Waals surface area contributed by atoms with Gasteiger partial charge in [-0.3, -0.25) is 14.4 Å². The van der Waals surface area contributed by atoms with E-state index in [-0.39, 0.29) is 36.0 Å². The lowest BCUT2D eigenvalue weighted by atomic mass is 9.84. The first-order valence-corrected chi connectivity index (χ1v) is 11.9. The highest BCUT2D eigenvalue weighted by Crippen LogP contribution is 2.29. The van der Waals surface area contributed by atoms with Crippen LogP contribution in [-0.2, 0) is 25.6 Å². The summed E-state index contributed by atoms with van der Waals surface area (Å²) in [6.07, 6.45) is 3.11. The molecule has 0 saturated carbocycles. The molecule has 1 aromatic carbocycles. The van der Waals surface area contributed by atoms with Gasteiger partial charge in [-0.05, 0) is 49.5 Å². The molecule has 180 valence electrons. The first-order valence-electron chi connectivity index (χ1n) is 11.9. The molecule has 0 spiro atoms. The van der Waals surface area contributed by atoms with Crippen molar-refractivity contribution in [2.45, 2.75) is 64.5 Å². The first kappa shape index (κ1) is 24.7.